The Morgan fingerprint density at radius 3 is 0.689 bits per heavy atom. The van der Waals surface area contributed by atoms with Crippen molar-refractivity contribution in [3.05, 3.63) is 71.8 Å². The number of carboxylic acid groups (broad SMARTS) is 1. The van der Waals surface area contributed by atoms with Crippen LogP contribution >= 0.6 is 0 Å². The van der Waals surface area contributed by atoms with Gasteiger partial charge in [-0.2, -0.15) is 0 Å². The van der Waals surface area contributed by atoms with E-state index in [9.17, 15) is 72.2 Å². The summed E-state index contributed by atoms with van der Waals surface area (Å²) in [6.07, 6.45) is 5.90. The van der Waals surface area contributed by atoms with Crippen LogP contribution in [0.4, 0.5) is 0 Å². The maximum atomic E-state index is 14.7. The molecule has 2 aromatic rings. The van der Waals surface area contributed by atoms with Crippen LogP contribution in [0.1, 0.15) is 222 Å². The third kappa shape index (κ3) is 43.5. The largest absolute Gasteiger partial charge is 0.480 e. The van der Waals surface area contributed by atoms with Gasteiger partial charge in [0.1, 0.15) is 78.5 Å². The standard InChI is InChI=1S/C84H146N20O15/c1-51(2)45-66(100-73(107)59(91)49-57-29-13-11-14-30-57)80(114)98-62(35-19-25-41-87)76(110)95-60(33-17-23-39-85)74(108)93-55(9)71(105)92-56(10)72(106)94-61(34-18-24-40-86)75(109)96-64(37-21-27-43-89)78(112)101-68(47-53(5)6)82(116)103-67(46-52(3)4)81(115)99-63(36-20-26-42-88)77(111)97-65(38-22-28-44-90)79(113)102-69(48-54(7)8)83(117)104-70(84(118)119)50-58-31-15-12-16-32-58/h11-16,29-32,51-56,59-70H,17-28,33-50,85-91H2,1-10H3,(H,92,105)(H,93,108)(H,94,106)(H,95,110)(H,96,109)(H,97,111)(H,98,114)(H,99,115)(H,100,107)(H,101,112)(H,102,113)(H,103,116)(H,104,117)(H,118,119)/t55-,56-,59-,60-,61-,62-,63-,64-,65-,66-,67-,68-,69-,70-/m0/s1. The van der Waals surface area contributed by atoms with Gasteiger partial charge in [-0.05, 0) is 236 Å². The fourth-order valence-electron chi connectivity index (χ4n) is 13.2. The molecule has 14 atom stereocenters. The van der Waals surface area contributed by atoms with Crippen LogP contribution < -0.4 is 109 Å². The van der Waals surface area contributed by atoms with Crippen LogP contribution in [0.25, 0.3) is 0 Å². The van der Waals surface area contributed by atoms with Crippen LogP contribution in [-0.2, 0) is 80.0 Å². The highest BCUT2D eigenvalue weighted by Crippen LogP contribution is 2.17. The van der Waals surface area contributed by atoms with Crippen LogP contribution in [0, 0.1) is 23.7 Å². The number of rotatable bonds is 63. The summed E-state index contributed by atoms with van der Waals surface area (Å²) >= 11 is 0. The average molecular weight is 1680 g/mol. The van der Waals surface area contributed by atoms with Gasteiger partial charge in [-0.3, -0.25) is 62.3 Å². The average Bonchev–Trinajstić information content (AvgIpc) is 0.859. The Hall–Kier alpha value is -9.26. The highest BCUT2D eigenvalue weighted by atomic mass is 16.4. The van der Waals surface area contributed by atoms with Crippen molar-refractivity contribution in [3.8, 4) is 0 Å². The van der Waals surface area contributed by atoms with E-state index in [0.717, 1.165) is 5.56 Å². The molecule has 0 bridgehead atoms. The molecule has 0 radical (unpaired) electrons. The first-order valence-corrected chi connectivity index (χ1v) is 42.7. The number of nitrogens with one attached hydrogen (secondary N) is 13. The molecule has 2 rings (SSSR count). The van der Waals surface area contributed by atoms with Gasteiger partial charge < -0.3 is 114 Å². The number of carbonyl (C=O) groups excluding carboxylic acids is 13. The van der Waals surface area contributed by atoms with Gasteiger partial charge in [0.25, 0.3) is 0 Å². The SMILES string of the molecule is CC(C)C[C@H](NC(=O)[C@H](CCCCN)NC(=O)[C@H](CCCCN)NC(=O)[C@H](CC(C)C)NC(=O)[C@H](CC(C)C)NC(=O)[C@H](CCCCN)NC(=O)[C@H](CCCCN)NC(=O)[C@H](C)NC(=O)[C@H](C)NC(=O)[C@H](CCCCN)NC(=O)[C@H](CCCCN)NC(=O)[C@H](CC(C)C)NC(=O)[C@@H](N)Cc1ccccc1)C(=O)N[C@@H](Cc1ccccc1)C(=O)O. The fraction of sp³-hybridized carbons (Fsp3) is 0.690. The predicted octanol–water partition coefficient (Wildman–Crippen LogP) is 0.184. The van der Waals surface area contributed by atoms with Gasteiger partial charge in [0.05, 0.1) is 6.04 Å². The summed E-state index contributed by atoms with van der Waals surface area (Å²) < 4.78 is 0. The number of unbranched alkanes of at least 4 members (excludes halogenated alkanes) is 6. The molecular formula is C84H146N20O15. The maximum absolute atomic E-state index is 14.7. The van der Waals surface area contributed by atoms with E-state index in [4.69, 9.17) is 40.1 Å². The van der Waals surface area contributed by atoms with Crippen LogP contribution in [0.3, 0.4) is 0 Å². The van der Waals surface area contributed by atoms with E-state index in [1.165, 1.54) is 13.8 Å². The van der Waals surface area contributed by atoms with Crippen LogP contribution in [-0.4, -0.2) is 212 Å². The molecule has 0 saturated carbocycles. The summed E-state index contributed by atoms with van der Waals surface area (Å²) in [4.78, 5) is 198. The minimum Gasteiger partial charge on any atom is -0.480 e. The number of carbonyl (C=O) groups is 14. The summed E-state index contributed by atoms with van der Waals surface area (Å²) in [5.41, 5.74) is 42.9. The van der Waals surface area contributed by atoms with Gasteiger partial charge in [0.15, 0.2) is 0 Å². The molecule has 0 aliphatic rings. The third-order valence-corrected chi connectivity index (χ3v) is 19.9. The Morgan fingerprint density at radius 2 is 0.445 bits per heavy atom. The normalized spacial score (nSPS) is 14.9. The number of carboxylic acids is 1. The lowest BCUT2D eigenvalue weighted by molar-refractivity contribution is -0.142. The molecule has 0 aromatic heterocycles. The lowest BCUT2D eigenvalue weighted by Crippen LogP contribution is -2.61. The van der Waals surface area contributed by atoms with Crippen LogP contribution in [0.15, 0.2) is 60.7 Å². The van der Waals surface area contributed by atoms with E-state index in [-0.39, 0.29) is 133 Å². The van der Waals surface area contributed by atoms with Crippen LogP contribution in [0.2, 0.25) is 0 Å². The first-order valence-electron chi connectivity index (χ1n) is 42.7. The quantitative estimate of drug-likeness (QED) is 0.0393. The Labute approximate surface area is 703 Å². The van der Waals surface area contributed by atoms with Crippen molar-refractivity contribution in [2.45, 2.75) is 308 Å². The minimum absolute atomic E-state index is 0.0253. The van der Waals surface area contributed by atoms with Crippen molar-refractivity contribution < 1.29 is 72.2 Å². The highest BCUT2D eigenvalue weighted by Gasteiger charge is 2.38. The highest BCUT2D eigenvalue weighted by molar-refractivity contribution is 6.00. The summed E-state index contributed by atoms with van der Waals surface area (Å²) in [7, 11) is 0. The third-order valence-electron chi connectivity index (χ3n) is 19.9. The Bertz CT molecular complexity index is 3410. The molecule has 0 unspecified atom stereocenters. The molecular weight excluding hydrogens is 1530 g/mol. The lowest BCUT2D eigenvalue weighted by atomic mass is 9.98. The van der Waals surface area contributed by atoms with Gasteiger partial charge in [-0.25, -0.2) is 4.79 Å². The zero-order valence-electron chi connectivity index (χ0n) is 72.1. The zero-order chi connectivity index (χ0) is 89.1. The summed E-state index contributed by atoms with van der Waals surface area (Å²) in [6.45, 7) is 18.9. The molecule has 672 valence electrons. The molecule has 28 N–H and O–H groups in total. The monoisotopic (exact) mass is 1680 g/mol. The smallest absolute Gasteiger partial charge is 0.326 e. The molecule has 0 heterocycles. The Balaban J connectivity index is 2.41. The number of amides is 13. The molecule has 0 aliphatic heterocycles. The van der Waals surface area contributed by atoms with Gasteiger partial charge >= 0.3 is 5.97 Å². The van der Waals surface area contributed by atoms with Gasteiger partial charge in [-0.1, -0.05) is 116 Å². The second-order valence-electron chi connectivity index (χ2n) is 32.7. The van der Waals surface area contributed by atoms with Crippen molar-refractivity contribution in [2.75, 3.05) is 39.3 Å². The van der Waals surface area contributed by atoms with Crippen molar-refractivity contribution in [2.24, 2.45) is 63.8 Å². The summed E-state index contributed by atoms with van der Waals surface area (Å²) in [6, 6.07) is 0.448. The topological polar surface area (TPSA) is 598 Å². The summed E-state index contributed by atoms with van der Waals surface area (Å²) in [5, 5.41) is 45.6. The number of benzene rings is 2. The Morgan fingerprint density at radius 1 is 0.252 bits per heavy atom. The lowest BCUT2D eigenvalue weighted by Gasteiger charge is -2.29. The van der Waals surface area contributed by atoms with Crippen molar-refractivity contribution in [1.82, 2.24) is 69.1 Å². The van der Waals surface area contributed by atoms with Crippen molar-refractivity contribution in [1.29, 1.82) is 0 Å². The number of hydrogen-bond donors (Lipinski definition) is 21. The first-order chi connectivity index (χ1) is 56.5. The van der Waals surface area contributed by atoms with E-state index < -0.39 is 167 Å². The van der Waals surface area contributed by atoms with E-state index in [1.54, 1.807) is 30.3 Å². The van der Waals surface area contributed by atoms with E-state index in [2.05, 4.69) is 69.1 Å². The van der Waals surface area contributed by atoms with Gasteiger partial charge in [0.2, 0.25) is 76.8 Å². The van der Waals surface area contributed by atoms with Crippen molar-refractivity contribution >= 4 is 82.8 Å². The molecule has 2 aromatic carbocycles. The molecule has 0 saturated heterocycles. The Kier molecular flexibility index (Phi) is 52.8. The molecule has 0 fully saturated rings. The molecule has 0 aliphatic carbocycles. The molecule has 35 heteroatoms. The van der Waals surface area contributed by atoms with E-state index in [1.807, 2.05) is 85.7 Å². The first kappa shape index (κ1) is 106. The molecule has 13 amide bonds. The van der Waals surface area contributed by atoms with Crippen LogP contribution in [0.5, 0.6) is 0 Å². The molecule has 119 heavy (non-hydrogen) atoms. The maximum Gasteiger partial charge on any atom is 0.326 e. The van der Waals surface area contributed by atoms with E-state index >= 15 is 0 Å². The van der Waals surface area contributed by atoms with E-state index in [0.29, 0.717) is 89.2 Å². The van der Waals surface area contributed by atoms with Gasteiger partial charge in [-0.15, -0.1) is 0 Å². The van der Waals surface area contributed by atoms with Crippen molar-refractivity contribution in [3.63, 3.8) is 0 Å². The molecule has 35 nitrogen and oxygen atoms in total. The predicted molar refractivity (Wildman–Crippen MR) is 458 cm³/mol. The summed E-state index contributed by atoms with van der Waals surface area (Å²) in [5.74, 6) is -11.6. The molecule has 0 spiro atoms. The number of nitrogens with two attached hydrogens (primary N) is 7. The van der Waals surface area contributed by atoms with Gasteiger partial charge in [0, 0.05) is 6.42 Å². The number of aliphatic carboxylic acids is 1. The fourth-order valence-corrected chi connectivity index (χ4v) is 13.2. The zero-order valence-corrected chi connectivity index (χ0v) is 72.1. The number of hydrogen-bond acceptors (Lipinski definition) is 21. The second kappa shape index (κ2) is 59.4. The second-order valence-corrected chi connectivity index (χ2v) is 32.7. The minimum atomic E-state index is -1.33.